The van der Waals surface area contributed by atoms with Crippen LogP contribution in [-0.2, 0) is 15.4 Å². The largest absolute Gasteiger partial charge is 0.362 e. The molecule has 148 valence electrons. The monoisotopic (exact) mass is 422 g/mol. The highest BCUT2D eigenvalue weighted by molar-refractivity contribution is 7.94. The summed E-state index contributed by atoms with van der Waals surface area (Å²) in [6, 6.07) is 12.4. The van der Waals surface area contributed by atoms with Crippen LogP contribution >= 0.6 is 11.3 Å². The molecule has 1 saturated carbocycles. The molecule has 1 saturated heterocycles. The summed E-state index contributed by atoms with van der Waals surface area (Å²) in [5.41, 5.74) is 1.06. The summed E-state index contributed by atoms with van der Waals surface area (Å²) < 4.78 is 27.6. The molecule has 0 unspecified atom stereocenters. The van der Waals surface area contributed by atoms with E-state index >= 15 is 0 Å². The van der Waals surface area contributed by atoms with Crippen molar-refractivity contribution in [2.75, 3.05) is 5.75 Å². The molecule has 2 aromatic carbocycles. The predicted octanol–water partition coefficient (Wildman–Crippen LogP) is 4.41. The van der Waals surface area contributed by atoms with Crippen molar-refractivity contribution < 1.29 is 8.42 Å². The summed E-state index contributed by atoms with van der Waals surface area (Å²) >= 11 is 1.72. The number of hydrogen-bond acceptors (Lipinski definition) is 4. The fourth-order valence-electron chi connectivity index (χ4n) is 4.76. The molecule has 2 N–H and O–H groups in total. The number of amidine groups is 1. The van der Waals surface area contributed by atoms with Gasteiger partial charge in [-0.05, 0) is 62.1 Å². The second kappa shape index (κ2) is 5.84. The van der Waals surface area contributed by atoms with Gasteiger partial charge < -0.3 is 5.32 Å². The van der Waals surface area contributed by atoms with Crippen LogP contribution in [0.1, 0.15) is 38.3 Å². The summed E-state index contributed by atoms with van der Waals surface area (Å²) in [4.78, 5) is 0. The van der Waals surface area contributed by atoms with Gasteiger partial charge in [-0.15, -0.1) is 17.3 Å². The molecule has 6 heteroatoms. The van der Waals surface area contributed by atoms with E-state index in [-0.39, 0.29) is 17.5 Å². The lowest BCUT2D eigenvalue weighted by molar-refractivity contribution is 0.452. The van der Waals surface area contributed by atoms with E-state index in [2.05, 4.69) is 41.4 Å². The average Bonchev–Trinajstić information content (AvgIpc) is 3.22. The maximum Gasteiger partial charge on any atom is 0.166 e. The smallest absolute Gasteiger partial charge is 0.166 e. The number of nitrogens with one attached hydrogen (secondary N) is 2. The molecule has 3 atom stereocenters. The first kappa shape index (κ1) is 18.7. The van der Waals surface area contributed by atoms with E-state index in [1.54, 1.807) is 11.3 Å². The van der Waals surface area contributed by atoms with Crippen LogP contribution in [-0.4, -0.2) is 24.8 Å². The van der Waals surface area contributed by atoms with Crippen LogP contribution < -0.4 is 5.32 Å². The van der Waals surface area contributed by atoms with Gasteiger partial charge in [-0.1, -0.05) is 18.9 Å². The van der Waals surface area contributed by atoms with Crippen LogP contribution in [0.2, 0.25) is 0 Å². The molecule has 1 aromatic heterocycles. The van der Waals surface area contributed by atoms with Crippen molar-refractivity contribution in [3.05, 3.63) is 47.5 Å². The summed E-state index contributed by atoms with van der Waals surface area (Å²) in [5.74, 6) is 6.22. The van der Waals surface area contributed by atoms with Crippen LogP contribution in [0.25, 0.3) is 20.2 Å². The summed E-state index contributed by atoms with van der Waals surface area (Å²) in [5, 5.41) is 14.0. The lowest BCUT2D eigenvalue weighted by atomic mass is 9.91. The minimum Gasteiger partial charge on any atom is -0.362 e. The Kier molecular flexibility index (Phi) is 3.76. The molecule has 5 rings (SSSR count). The number of fused-ring (bicyclic) bond motifs is 3. The number of sulfone groups is 1. The zero-order valence-electron chi connectivity index (χ0n) is 16.6. The first-order valence-electron chi connectivity index (χ1n) is 9.69. The van der Waals surface area contributed by atoms with E-state index in [4.69, 9.17) is 5.41 Å². The summed E-state index contributed by atoms with van der Waals surface area (Å²) in [7, 11) is -3.40. The molecule has 1 aliphatic heterocycles. The van der Waals surface area contributed by atoms with Crippen LogP contribution in [0.3, 0.4) is 0 Å². The maximum atomic E-state index is 13.1. The van der Waals surface area contributed by atoms with Gasteiger partial charge in [0.15, 0.2) is 9.84 Å². The van der Waals surface area contributed by atoms with Crippen molar-refractivity contribution in [3.8, 4) is 11.8 Å². The molecule has 2 aliphatic rings. The quantitative estimate of drug-likeness (QED) is 0.571. The van der Waals surface area contributed by atoms with Crippen molar-refractivity contribution in [1.82, 2.24) is 5.32 Å². The lowest BCUT2D eigenvalue weighted by Gasteiger charge is -2.40. The fourth-order valence-corrected chi connectivity index (χ4v) is 8.56. The Bertz CT molecular complexity index is 1380. The fraction of sp³-hybridized carbons (Fsp3) is 0.348. The molecule has 4 nitrogen and oxygen atoms in total. The average molecular weight is 423 g/mol. The highest BCUT2D eigenvalue weighted by atomic mass is 32.2. The van der Waals surface area contributed by atoms with Crippen molar-refractivity contribution in [2.45, 2.75) is 37.5 Å². The molecule has 0 amide bonds. The maximum absolute atomic E-state index is 13.1. The van der Waals surface area contributed by atoms with Gasteiger partial charge in [0.05, 0.1) is 11.3 Å². The Hall–Kier alpha value is -2.36. The minimum absolute atomic E-state index is 0.00680. The van der Waals surface area contributed by atoms with Crippen LogP contribution in [0.5, 0.6) is 0 Å². The number of hydrogen-bond donors (Lipinski definition) is 2. The molecule has 2 heterocycles. The Morgan fingerprint density at radius 2 is 1.83 bits per heavy atom. The SMILES string of the molecule is CC#Cc1ccc2sc3ccc([C@]4(C)CS(=O)(=O)[C@]5(C[C@@H]5C)C(=N)N4)cc3c2c1. The summed E-state index contributed by atoms with van der Waals surface area (Å²) in [6.45, 7) is 5.63. The number of rotatable bonds is 1. The van der Waals surface area contributed by atoms with Gasteiger partial charge in [0.1, 0.15) is 10.6 Å². The Morgan fingerprint density at radius 3 is 2.45 bits per heavy atom. The van der Waals surface area contributed by atoms with E-state index in [0.29, 0.717) is 6.42 Å². The van der Waals surface area contributed by atoms with Crippen LogP contribution in [0.4, 0.5) is 0 Å². The molecule has 3 aromatic rings. The van der Waals surface area contributed by atoms with Crippen LogP contribution in [0, 0.1) is 23.2 Å². The van der Waals surface area contributed by atoms with Gasteiger partial charge in [0.25, 0.3) is 0 Å². The molecule has 0 bridgehead atoms. The van der Waals surface area contributed by atoms with E-state index in [1.807, 2.05) is 32.9 Å². The molecule has 2 fully saturated rings. The minimum atomic E-state index is -3.40. The molecular weight excluding hydrogens is 400 g/mol. The highest BCUT2D eigenvalue weighted by Gasteiger charge is 2.68. The van der Waals surface area contributed by atoms with Crippen molar-refractivity contribution in [3.63, 3.8) is 0 Å². The van der Waals surface area contributed by atoms with Gasteiger partial charge in [0, 0.05) is 25.7 Å². The number of thiophene rings is 1. The zero-order valence-corrected chi connectivity index (χ0v) is 18.2. The first-order chi connectivity index (χ1) is 13.7. The Balaban J connectivity index is 1.65. The van der Waals surface area contributed by atoms with Gasteiger partial charge in [-0.2, -0.15) is 0 Å². The first-order valence-corrected chi connectivity index (χ1v) is 12.2. The van der Waals surface area contributed by atoms with Gasteiger partial charge in [-0.25, -0.2) is 8.42 Å². The third kappa shape index (κ3) is 2.50. The number of benzene rings is 2. The van der Waals surface area contributed by atoms with E-state index in [0.717, 1.165) is 26.6 Å². The predicted molar refractivity (Wildman–Crippen MR) is 120 cm³/mol. The van der Waals surface area contributed by atoms with Gasteiger partial charge in [-0.3, -0.25) is 5.41 Å². The molecule has 29 heavy (non-hydrogen) atoms. The Labute approximate surface area is 174 Å². The van der Waals surface area contributed by atoms with Crippen molar-refractivity contribution in [1.29, 1.82) is 5.41 Å². The van der Waals surface area contributed by atoms with Gasteiger partial charge in [0.2, 0.25) is 0 Å². The molecule has 1 aliphatic carbocycles. The zero-order chi connectivity index (χ0) is 20.6. The summed E-state index contributed by atoms with van der Waals surface area (Å²) in [6.07, 6.45) is 0.548. The van der Waals surface area contributed by atoms with Crippen molar-refractivity contribution in [2.24, 2.45) is 5.92 Å². The standard InChI is InChI=1S/C23H22N2O2S2/c1-4-5-15-6-8-19-17(10-15)18-11-16(7-9-20(18)28-19)22(3)13-29(26,27)23(12-14(23)2)21(24)25-22/h6-11,14H,12-13H2,1-3H3,(H2,24,25)/t14-,22-,23-/m0/s1. The van der Waals surface area contributed by atoms with E-state index in [9.17, 15) is 8.42 Å². The van der Waals surface area contributed by atoms with E-state index < -0.39 is 20.1 Å². The lowest BCUT2D eigenvalue weighted by Crippen LogP contribution is -2.61. The Morgan fingerprint density at radius 1 is 1.17 bits per heavy atom. The van der Waals surface area contributed by atoms with Crippen molar-refractivity contribution >= 4 is 47.2 Å². The third-order valence-corrected chi connectivity index (χ3v) is 10.5. The van der Waals surface area contributed by atoms with Crippen LogP contribution in [0.15, 0.2) is 36.4 Å². The molecule has 0 radical (unpaired) electrons. The highest BCUT2D eigenvalue weighted by Crippen LogP contribution is 2.54. The topological polar surface area (TPSA) is 70.0 Å². The normalized spacial score (nSPS) is 30.2. The second-order valence-electron chi connectivity index (χ2n) is 8.48. The van der Waals surface area contributed by atoms with E-state index in [1.165, 1.54) is 4.70 Å². The third-order valence-electron chi connectivity index (χ3n) is 6.48. The molecular formula is C23H22N2O2S2. The van der Waals surface area contributed by atoms with Gasteiger partial charge >= 0.3 is 0 Å². The molecule has 1 spiro atoms. The second-order valence-corrected chi connectivity index (χ2v) is 11.8.